The van der Waals surface area contributed by atoms with Gasteiger partial charge in [-0.15, -0.1) is 0 Å². The third-order valence-electron chi connectivity index (χ3n) is 3.97. The molecular formula is C12H30O6Si2. The molecule has 0 fully saturated rings. The maximum Gasteiger partial charge on any atom is 0.111 e. The van der Waals surface area contributed by atoms with Gasteiger partial charge in [0.15, 0.2) is 0 Å². The van der Waals surface area contributed by atoms with Gasteiger partial charge in [-0.05, 0) is 0 Å². The van der Waals surface area contributed by atoms with Crippen molar-refractivity contribution in [1.82, 2.24) is 0 Å². The second-order valence-electron chi connectivity index (χ2n) is 7.44. The lowest BCUT2D eigenvalue weighted by atomic mass is 10.0. The molecule has 0 spiro atoms. The summed E-state index contributed by atoms with van der Waals surface area (Å²) in [6, 6.07) is 0. The molecule has 6 N–H and O–H groups in total. The number of rotatable bonds is 7. The third-order valence-corrected chi connectivity index (χ3v) is 13.6. The molecule has 0 radical (unpaired) electrons. The zero-order valence-corrected chi connectivity index (χ0v) is 15.2. The molecule has 122 valence electrons. The van der Waals surface area contributed by atoms with Gasteiger partial charge in [-0.1, -0.05) is 39.3 Å². The van der Waals surface area contributed by atoms with E-state index in [4.69, 9.17) is 5.11 Å². The minimum atomic E-state index is -2.31. The quantitative estimate of drug-likeness (QED) is 0.331. The first-order valence-corrected chi connectivity index (χ1v) is 13.8. The molecule has 0 aliphatic heterocycles. The van der Waals surface area contributed by atoms with Gasteiger partial charge in [-0.2, -0.15) is 0 Å². The Morgan fingerprint density at radius 3 is 1.40 bits per heavy atom. The van der Waals surface area contributed by atoms with Gasteiger partial charge < -0.3 is 30.6 Å². The molecule has 0 aromatic rings. The monoisotopic (exact) mass is 326 g/mol. The second kappa shape index (κ2) is 6.53. The largest absolute Gasteiger partial charge is 0.394 e. The number of aliphatic hydroxyl groups excluding tert-OH is 5. The van der Waals surface area contributed by atoms with Crippen molar-refractivity contribution >= 4 is 16.1 Å². The summed E-state index contributed by atoms with van der Waals surface area (Å²) in [6.07, 6.45) is -6.57. The summed E-state index contributed by atoms with van der Waals surface area (Å²) in [5, 5.41) is 59.5. The highest BCUT2D eigenvalue weighted by atomic mass is 28.4. The molecule has 6 nitrogen and oxygen atoms in total. The van der Waals surface area contributed by atoms with Crippen molar-refractivity contribution in [2.75, 3.05) is 6.61 Å². The van der Waals surface area contributed by atoms with E-state index in [1.165, 1.54) is 0 Å². The molecule has 0 heterocycles. The summed E-state index contributed by atoms with van der Waals surface area (Å²) in [7, 11) is -4.62. The van der Waals surface area contributed by atoms with Gasteiger partial charge in [-0.25, -0.2) is 0 Å². The molecule has 0 aromatic heterocycles. The molecule has 0 bridgehead atoms. The van der Waals surface area contributed by atoms with Crippen LogP contribution < -0.4 is 0 Å². The van der Waals surface area contributed by atoms with Crippen LogP contribution in [0.25, 0.3) is 0 Å². The van der Waals surface area contributed by atoms with E-state index in [2.05, 4.69) is 0 Å². The zero-order valence-electron chi connectivity index (χ0n) is 13.2. The van der Waals surface area contributed by atoms with Crippen LogP contribution in [0.2, 0.25) is 39.3 Å². The van der Waals surface area contributed by atoms with Crippen LogP contribution in [0.4, 0.5) is 0 Å². The summed E-state index contributed by atoms with van der Waals surface area (Å²) < 4.78 is 0. The van der Waals surface area contributed by atoms with Crippen LogP contribution in [0.1, 0.15) is 0 Å². The summed E-state index contributed by atoms with van der Waals surface area (Å²) in [4.78, 5) is -1.45. The molecule has 0 saturated carbocycles. The molecule has 0 aromatic carbocycles. The van der Waals surface area contributed by atoms with E-state index < -0.39 is 52.0 Å². The SMILES string of the molecule is C[Si](C)(C)C(O)([C@H](O)[C@@H](O)[C@H](O)[C@H](O)CO)[Si](C)(C)C. The average molecular weight is 327 g/mol. The molecule has 20 heavy (non-hydrogen) atoms. The van der Waals surface area contributed by atoms with Crippen molar-refractivity contribution in [3.63, 3.8) is 0 Å². The Kier molecular flexibility index (Phi) is 6.59. The maximum atomic E-state index is 11.1. The molecule has 0 amide bonds. The predicted octanol–water partition coefficient (Wildman–Crippen LogP) is -1.09. The predicted molar refractivity (Wildman–Crippen MR) is 82.8 cm³/mol. The first kappa shape index (κ1) is 20.2. The third kappa shape index (κ3) is 3.69. The van der Waals surface area contributed by atoms with E-state index in [0.29, 0.717) is 0 Å². The van der Waals surface area contributed by atoms with Crippen LogP contribution in [-0.2, 0) is 0 Å². The normalized spacial score (nSPS) is 20.4. The average Bonchev–Trinajstić information content (AvgIpc) is 2.31. The van der Waals surface area contributed by atoms with Crippen LogP contribution in [0.15, 0.2) is 0 Å². The van der Waals surface area contributed by atoms with Crippen molar-refractivity contribution in [2.45, 2.75) is 68.5 Å². The smallest absolute Gasteiger partial charge is 0.111 e. The number of hydrogen-bond acceptors (Lipinski definition) is 6. The van der Waals surface area contributed by atoms with E-state index in [0.717, 1.165) is 0 Å². The van der Waals surface area contributed by atoms with Crippen LogP contribution in [0, 0.1) is 0 Å². The van der Waals surface area contributed by atoms with Gasteiger partial charge >= 0.3 is 0 Å². The Hall–Kier alpha value is 0.194. The van der Waals surface area contributed by atoms with E-state index >= 15 is 0 Å². The molecular weight excluding hydrogens is 296 g/mol. The van der Waals surface area contributed by atoms with Crippen LogP contribution >= 0.6 is 0 Å². The van der Waals surface area contributed by atoms with Gasteiger partial charge in [0.1, 0.15) is 24.4 Å². The van der Waals surface area contributed by atoms with Crippen LogP contribution in [0.3, 0.4) is 0 Å². The highest BCUT2D eigenvalue weighted by molar-refractivity contribution is 6.98. The van der Waals surface area contributed by atoms with E-state index in [-0.39, 0.29) is 0 Å². The Balaban J connectivity index is 5.54. The summed E-state index contributed by atoms with van der Waals surface area (Å²) >= 11 is 0. The lowest BCUT2D eigenvalue weighted by molar-refractivity contribution is -0.138. The van der Waals surface area contributed by atoms with Crippen molar-refractivity contribution < 1.29 is 30.6 Å². The Morgan fingerprint density at radius 2 is 1.15 bits per heavy atom. The van der Waals surface area contributed by atoms with E-state index in [1.807, 2.05) is 39.3 Å². The standard InChI is InChI=1S/C12H30O6Si2/c1-19(2,3)12(18,20(4,5)6)11(17)10(16)9(15)8(14)7-13/h8-11,13-18H,7H2,1-6H3/t8-,9-,10+,11-/m1/s1. The Morgan fingerprint density at radius 1 is 0.800 bits per heavy atom. The van der Waals surface area contributed by atoms with Gasteiger partial charge in [-0.3, -0.25) is 0 Å². The Labute approximate surface area is 122 Å². The Bertz CT molecular complexity index is 298. The molecule has 0 rings (SSSR count). The maximum absolute atomic E-state index is 11.1. The first-order chi connectivity index (χ1) is 8.71. The number of hydrogen-bond donors (Lipinski definition) is 6. The van der Waals surface area contributed by atoms with Crippen molar-refractivity contribution in [1.29, 1.82) is 0 Å². The van der Waals surface area contributed by atoms with Gasteiger partial charge in [0.2, 0.25) is 0 Å². The molecule has 4 atom stereocenters. The van der Waals surface area contributed by atoms with Crippen molar-refractivity contribution in [3.8, 4) is 0 Å². The van der Waals surface area contributed by atoms with E-state index in [1.54, 1.807) is 0 Å². The van der Waals surface area contributed by atoms with Crippen LogP contribution in [0.5, 0.6) is 0 Å². The molecule has 0 aliphatic carbocycles. The first-order valence-electron chi connectivity index (χ1n) is 6.77. The lowest BCUT2D eigenvalue weighted by Gasteiger charge is -2.52. The summed E-state index contributed by atoms with van der Waals surface area (Å²) in [5.74, 6) is 0. The van der Waals surface area contributed by atoms with Crippen molar-refractivity contribution in [2.24, 2.45) is 0 Å². The van der Waals surface area contributed by atoms with Crippen LogP contribution in [-0.4, -0.2) is 82.7 Å². The fourth-order valence-electron chi connectivity index (χ4n) is 2.78. The van der Waals surface area contributed by atoms with Gasteiger partial charge in [0.05, 0.1) is 27.6 Å². The van der Waals surface area contributed by atoms with Crippen molar-refractivity contribution in [3.05, 3.63) is 0 Å². The molecule has 0 aliphatic rings. The van der Waals surface area contributed by atoms with Gasteiger partial charge in [0, 0.05) is 0 Å². The van der Waals surface area contributed by atoms with Gasteiger partial charge in [0.25, 0.3) is 0 Å². The minimum absolute atomic E-state index is 0.733. The summed E-state index contributed by atoms with van der Waals surface area (Å²) in [6.45, 7) is 10.6. The molecule has 8 heteroatoms. The summed E-state index contributed by atoms with van der Waals surface area (Å²) in [5.41, 5.74) is 0. The molecule has 0 unspecified atom stereocenters. The lowest BCUT2D eigenvalue weighted by Crippen LogP contribution is -2.75. The fraction of sp³-hybridized carbons (Fsp3) is 1.00. The number of aliphatic hydroxyl groups is 6. The zero-order chi connectivity index (χ0) is 16.5. The molecule has 0 saturated heterocycles. The minimum Gasteiger partial charge on any atom is -0.394 e. The fourth-order valence-corrected chi connectivity index (χ4v) is 13.9. The van der Waals surface area contributed by atoms with E-state index in [9.17, 15) is 25.5 Å². The topological polar surface area (TPSA) is 121 Å². The highest BCUT2D eigenvalue weighted by Gasteiger charge is 2.58. The second-order valence-corrected chi connectivity index (χ2v) is 18.5. The highest BCUT2D eigenvalue weighted by Crippen LogP contribution is 2.36.